The summed E-state index contributed by atoms with van der Waals surface area (Å²) in [6.07, 6.45) is 6.36. The molecule has 1 aromatic heterocycles. The second-order valence-electron chi connectivity index (χ2n) is 7.55. The van der Waals surface area contributed by atoms with Crippen LogP contribution in [-0.4, -0.2) is 26.5 Å². The van der Waals surface area contributed by atoms with Crippen molar-refractivity contribution in [2.45, 2.75) is 50.7 Å². The molecule has 2 aliphatic carbocycles. The zero-order valence-electron chi connectivity index (χ0n) is 14.5. The van der Waals surface area contributed by atoms with E-state index in [1.807, 2.05) is 19.1 Å². The second kappa shape index (κ2) is 5.66. The molecule has 26 heavy (non-hydrogen) atoms. The average Bonchev–Trinajstić information content (AvgIpc) is 2.86. The Hall–Kier alpha value is -2.18. The fraction of sp³-hybridized carbons (Fsp3) is 0.526. The van der Waals surface area contributed by atoms with E-state index in [4.69, 9.17) is 0 Å². The van der Waals surface area contributed by atoms with Gasteiger partial charge in [-0.15, -0.1) is 5.10 Å². The van der Waals surface area contributed by atoms with Crippen molar-refractivity contribution in [1.82, 2.24) is 14.8 Å². The van der Waals surface area contributed by atoms with Gasteiger partial charge in [-0.05, 0) is 25.3 Å². The summed E-state index contributed by atoms with van der Waals surface area (Å²) in [5.41, 5.74) is -0.305. The van der Waals surface area contributed by atoms with Gasteiger partial charge in [-0.1, -0.05) is 30.9 Å². The molecule has 0 aromatic carbocycles. The summed E-state index contributed by atoms with van der Waals surface area (Å²) < 4.78 is 42.3. The molecule has 4 nitrogen and oxygen atoms in total. The van der Waals surface area contributed by atoms with Gasteiger partial charge in [0.1, 0.15) is 0 Å². The van der Waals surface area contributed by atoms with E-state index < -0.39 is 29.5 Å². The minimum atomic E-state index is -2.64. The van der Waals surface area contributed by atoms with Crippen LogP contribution >= 0.6 is 0 Å². The summed E-state index contributed by atoms with van der Waals surface area (Å²) in [5, 5.41) is 4.20. The third-order valence-corrected chi connectivity index (χ3v) is 5.78. The van der Waals surface area contributed by atoms with E-state index in [9.17, 15) is 18.0 Å². The van der Waals surface area contributed by atoms with E-state index in [2.05, 4.69) is 16.7 Å². The van der Waals surface area contributed by atoms with Crippen LogP contribution in [0.4, 0.5) is 13.2 Å². The minimum absolute atomic E-state index is 0.0681. The van der Waals surface area contributed by atoms with E-state index in [1.165, 1.54) is 4.68 Å². The Morgan fingerprint density at radius 3 is 2.65 bits per heavy atom. The molecule has 0 unspecified atom stereocenters. The summed E-state index contributed by atoms with van der Waals surface area (Å²) >= 11 is 0. The van der Waals surface area contributed by atoms with Gasteiger partial charge < -0.3 is 0 Å². The molecule has 1 aliphatic heterocycles. The van der Waals surface area contributed by atoms with Crippen molar-refractivity contribution in [3.63, 3.8) is 0 Å². The lowest BCUT2D eigenvalue weighted by atomic mass is 9.69. The first kappa shape index (κ1) is 17.2. The predicted molar refractivity (Wildman–Crippen MR) is 89.7 cm³/mol. The van der Waals surface area contributed by atoms with Crippen LogP contribution < -0.4 is 0 Å². The fourth-order valence-corrected chi connectivity index (χ4v) is 4.07. The van der Waals surface area contributed by atoms with Gasteiger partial charge in [0.15, 0.2) is 12.0 Å². The lowest BCUT2D eigenvalue weighted by molar-refractivity contribution is 0.00511. The molecule has 0 amide bonds. The number of nitrogens with zero attached hydrogens (tertiary/aromatic N) is 3. The van der Waals surface area contributed by atoms with Crippen LogP contribution in [0.15, 0.2) is 36.5 Å². The molecule has 2 saturated carbocycles. The molecule has 138 valence electrons. The minimum Gasteiger partial charge on any atom is -0.290 e. The Labute approximate surface area is 149 Å². The third kappa shape index (κ3) is 2.47. The number of hydrogen-bond donors (Lipinski definition) is 0. The van der Waals surface area contributed by atoms with Gasteiger partial charge in [-0.25, -0.2) is 22.8 Å². The molecule has 1 spiro atoms. The van der Waals surface area contributed by atoms with Gasteiger partial charge in [0, 0.05) is 24.2 Å². The molecular formula is C19H20F3N3O. The molecule has 0 bridgehead atoms. The number of carbonyl (C=O) groups excluding carboxylic acids is 1. The number of Topliss-reactive ketones (excluding diaryl/α,β-unsaturated/α-hetero) is 1. The van der Waals surface area contributed by atoms with Gasteiger partial charge in [-0.3, -0.25) is 4.79 Å². The fourth-order valence-electron chi connectivity index (χ4n) is 4.07. The van der Waals surface area contributed by atoms with Crippen molar-refractivity contribution in [3.05, 3.63) is 48.1 Å². The monoisotopic (exact) mass is 363 g/mol. The number of alkyl halides is 3. The van der Waals surface area contributed by atoms with Gasteiger partial charge in [0.05, 0.1) is 6.04 Å². The highest BCUT2D eigenvalue weighted by Gasteiger charge is 2.76. The highest BCUT2D eigenvalue weighted by atomic mass is 19.3. The molecule has 1 aromatic rings. The number of halogens is 3. The Morgan fingerprint density at radius 2 is 2.04 bits per heavy atom. The standard InChI is InChI=1S/C19H20F3N3O/c1-3-4-5-6-11(2)14-7-13(20)17-23-16(24-25(14)17)15(26)12-8-18(9-12)10-19(18,21)22/h3-6,12-14H,2,7-10H2,1H3/b4-3-,6-5-/t12?,13-,14-,18?/m0/s1. The first-order valence-electron chi connectivity index (χ1n) is 8.79. The Kier molecular flexibility index (Phi) is 3.75. The molecular weight excluding hydrogens is 343 g/mol. The van der Waals surface area contributed by atoms with Crippen LogP contribution in [0.1, 0.15) is 61.3 Å². The molecule has 4 rings (SSSR count). The van der Waals surface area contributed by atoms with Gasteiger partial charge >= 0.3 is 0 Å². The number of carbonyl (C=O) groups is 1. The molecule has 3 aliphatic rings. The summed E-state index contributed by atoms with van der Waals surface area (Å²) in [5.74, 6) is -3.44. The van der Waals surface area contributed by atoms with Crippen molar-refractivity contribution >= 4 is 5.78 Å². The van der Waals surface area contributed by atoms with Gasteiger partial charge in [0.2, 0.25) is 11.6 Å². The first-order valence-corrected chi connectivity index (χ1v) is 8.79. The van der Waals surface area contributed by atoms with Gasteiger partial charge in [-0.2, -0.15) is 0 Å². The molecule has 0 radical (unpaired) electrons. The second-order valence-corrected chi connectivity index (χ2v) is 7.55. The quantitative estimate of drug-likeness (QED) is 0.570. The Balaban J connectivity index is 1.49. The van der Waals surface area contributed by atoms with Crippen LogP contribution in [-0.2, 0) is 0 Å². The zero-order valence-corrected chi connectivity index (χ0v) is 14.5. The number of aromatic nitrogens is 3. The summed E-state index contributed by atoms with van der Waals surface area (Å²) in [6.45, 7) is 5.84. The van der Waals surface area contributed by atoms with Crippen molar-refractivity contribution in [1.29, 1.82) is 0 Å². The van der Waals surface area contributed by atoms with Crippen LogP contribution in [0.2, 0.25) is 0 Å². The van der Waals surface area contributed by atoms with E-state index in [-0.39, 0.29) is 43.1 Å². The average molecular weight is 363 g/mol. The summed E-state index contributed by atoms with van der Waals surface area (Å²) in [6, 6.07) is -0.393. The number of rotatable bonds is 5. The molecule has 2 atom stereocenters. The van der Waals surface area contributed by atoms with Crippen LogP contribution in [0.25, 0.3) is 0 Å². The van der Waals surface area contributed by atoms with E-state index in [1.54, 1.807) is 12.2 Å². The van der Waals surface area contributed by atoms with Crippen LogP contribution in [0, 0.1) is 11.3 Å². The maximum atomic E-state index is 14.3. The van der Waals surface area contributed by atoms with E-state index >= 15 is 0 Å². The number of ketones is 1. The number of hydrogen-bond acceptors (Lipinski definition) is 3. The smallest absolute Gasteiger partial charge is 0.254 e. The van der Waals surface area contributed by atoms with E-state index in [0.717, 1.165) is 0 Å². The van der Waals surface area contributed by atoms with E-state index in [0.29, 0.717) is 5.57 Å². The first-order chi connectivity index (χ1) is 12.3. The summed E-state index contributed by atoms with van der Waals surface area (Å²) in [4.78, 5) is 16.6. The number of allylic oxidation sites excluding steroid dienone is 5. The van der Waals surface area contributed by atoms with Gasteiger partial charge in [0.25, 0.3) is 5.92 Å². The highest BCUT2D eigenvalue weighted by molar-refractivity contribution is 5.95. The third-order valence-electron chi connectivity index (χ3n) is 5.78. The lowest BCUT2D eigenvalue weighted by Gasteiger charge is -2.33. The van der Waals surface area contributed by atoms with Crippen LogP contribution in [0.3, 0.4) is 0 Å². The molecule has 7 heteroatoms. The van der Waals surface area contributed by atoms with Crippen LogP contribution in [0.5, 0.6) is 0 Å². The maximum absolute atomic E-state index is 14.3. The number of fused-ring (bicyclic) bond motifs is 1. The largest absolute Gasteiger partial charge is 0.290 e. The molecule has 2 heterocycles. The van der Waals surface area contributed by atoms with Crippen molar-refractivity contribution < 1.29 is 18.0 Å². The maximum Gasteiger partial charge on any atom is 0.254 e. The molecule has 2 fully saturated rings. The normalized spacial score (nSPS) is 34.4. The lowest BCUT2D eigenvalue weighted by Crippen LogP contribution is -2.36. The van der Waals surface area contributed by atoms with Crippen molar-refractivity contribution in [2.75, 3.05) is 0 Å². The SMILES string of the molecule is C=C(/C=C\C=C/C)[C@@H]1C[C@H](F)c2nc(C(=O)C3CC4(C3)CC4(F)F)nn21. The molecule has 0 saturated heterocycles. The zero-order chi connectivity index (χ0) is 18.7. The van der Waals surface area contributed by atoms with Crippen molar-refractivity contribution in [3.8, 4) is 0 Å². The topological polar surface area (TPSA) is 47.8 Å². The predicted octanol–water partition coefficient (Wildman–Crippen LogP) is 4.54. The summed E-state index contributed by atoms with van der Waals surface area (Å²) in [7, 11) is 0. The highest BCUT2D eigenvalue weighted by Crippen LogP contribution is 2.73. The molecule has 0 N–H and O–H groups in total. The van der Waals surface area contributed by atoms with Crippen molar-refractivity contribution in [2.24, 2.45) is 11.3 Å². The Bertz CT molecular complexity index is 833. The Morgan fingerprint density at radius 1 is 1.35 bits per heavy atom.